The minimum absolute atomic E-state index is 0.0166. The molecule has 1 fully saturated rings. The fourth-order valence-electron chi connectivity index (χ4n) is 6.03. The van der Waals surface area contributed by atoms with E-state index in [9.17, 15) is 27.8 Å². The van der Waals surface area contributed by atoms with Crippen LogP contribution >= 0.6 is 0 Å². The normalized spacial score (nSPS) is 21.8. The van der Waals surface area contributed by atoms with Crippen molar-refractivity contribution in [1.82, 2.24) is 14.8 Å². The summed E-state index contributed by atoms with van der Waals surface area (Å²) < 4.78 is 87.7. The Balaban J connectivity index is 1.55. The first-order valence-corrected chi connectivity index (χ1v) is 13.0. The number of hydrogen-bond donors (Lipinski definition) is 3. The molecule has 3 N–H and O–H groups in total. The van der Waals surface area contributed by atoms with Gasteiger partial charge in [0.1, 0.15) is 24.1 Å². The molecule has 2 aliphatic heterocycles. The Morgan fingerprint density at radius 1 is 1.10 bits per heavy atom. The molecule has 2 aromatic carbocycles. The number of halogens is 6. The van der Waals surface area contributed by atoms with Crippen molar-refractivity contribution in [3.05, 3.63) is 70.2 Å². The van der Waals surface area contributed by atoms with Crippen molar-refractivity contribution in [3.8, 4) is 0 Å². The van der Waals surface area contributed by atoms with Gasteiger partial charge in [-0.25, -0.2) is 22.0 Å². The molecule has 0 saturated carbocycles. The molecule has 1 saturated heterocycles. The first-order chi connectivity index (χ1) is 18.5. The van der Waals surface area contributed by atoms with Gasteiger partial charge >= 0.3 is 0 Å². The topological polar surface area (TPSA) is 62.7 Å². The average Bonchev–Trinajstić information content (AvgIpc) is 3.23. The predicted octanol–water partition coefficient (Wildman–Crippen LogP) is 4.87. The van der Waals surface area contributed by atoms with E-state index in [1.54, 1.807) is 13.0 Å². The molecule has 3 heterocycles. The summed E-state index contributed by atoms with van der Waals surface area (Å²) >= 11 is 0. The van der Waals surface area contributed by atoms with Gasteiger partial charge in [-0.15, -0.1) is 0 Å². The SMILES string of the molecule is C[C@@H]1Cc2c([nH]c3cccc(F)c23)[C@@H](c2c(F)cc([C@@H](O)C3CN(CCCF)C3)cc2F)N1CC(F)(F)CO. The van der Waals surface area contributed by atoms with Gasteiger partial charge in [0, 0.05) is 53.8 Å². The zero-order valence-corrected chi connectivity index (χ0v) is 21.4. The smallest absolute Gasteiger partial charge is 0.283 e. The molecule has 0 aliphatic carbocycles. The predicted molar refractivity (Wildman–Crippen MR) is 134 cm³/mol. The Bertz CT molecular complexity index is 1320. The molecule has 0 unspecified atom stereocenters. The molecule has 3 atom stereocenters. The van der Waals surface area contributed by atoms with Crippen molar-refractivity contribution in [1.29, 1.82) is 0 Å². The van der Waals surface area contributed by atoms with Crippen molar-refractivity contribution in [2.45, 2.75) is 43.9 Å². The van der Waals surface area contributed by atoms with Gasteiger partial charge in [-0.3, -0.25) is 9.29 Å². The van der Waals surface area contributed by atoms with Crippen LogP contribution in [0.25, 0.3) is 10.9 Å². The summed E-state index contributed by atoms with van der Waals surface area (Å²) in [7, 11) is 0. The van der Waals surface area contributed by atoms with Crippen LogP contribution in [0.2, 0.25) is 0 Å². The highest BCUT2D eigenvalue weighted by Crippen LogP contribution is 2.44. The third kappa shape index (κ3) is 5.17. The number of rotatable bonds is 9. The van der Waals surface area contributed by atoms with E-state index < -0.39 is 67.0 Å². The van der Waals surface area contributed by atoms with Gasteiger partial charge in [0.2, 0.25) is 0 Å². The number of aromatic amines is 1. The molecule has 39 heavy (non-hydrogen) atoms. The quantitative estimate of drug-likeness (QED) is 0.330. The second kappa shape index (κ2) is 10.8. The first-order valence-electron chi connectivity index (χ1n) is 13.0. The summed E-state index contributed by atoms with van der Waals surface area (Å²) in [5.74, 6) is -6.43. The Morgan fingerprint density at radius 2 is 1.79 bits per heavy atom. The summed E-state index contributed by atoms with van der Waals surface area (Å²) in [6.45, 7) is 0.183. The third-order valence-electron chi connectivity index (χ3n) is 7.98. The Labute approximate surface area is 222 Å². The van der Waals surface area contributed by atoms with Crippen LogP contribution in [-0.4, -0.2) is 76.4 Å². The van der Waals surface area contributed by atoms with Gasteiger partial charge in [-0.2, -0.15) is 0 Å². The average molecular weight is 556 g/mol. The number of fused-ring (bicyclic) bond motifs is 3. The van der Waals surface area contributed by atoms with E-state index >= 15 is 8.78 Å². The van der Waals surface area contributed by atoms with Crippen LogP contribution in [-0.2, 0) is 6.42 Å². The van der Waals surface area contributed by atoms with E-state index in [0.717, 1.165) is 12.1 Å². The van der Waals surface area contributed by atoms with Crippen LogP contribution in [0.3, 0.4) is 0 Å². The highest BCUT2D eigenvalue weighted by atomic mass is 19.3. The molecule has 0 radical (unpaired) electrons. The number of benzene rings is 2. The number of aromatic nitrogens is 1. The lowest BCUT2D eigenvalue weighted by Crippen LogP contribution is -2.50. The van der Waals surface area contributed by atoms with E-state index in [1.165, 1.54) is 17.0 Å². The molecule has 0 bridgehead atoms. The van der Waals surface area contributed by atoms with E-state index in [2.05, 4.69) is 4.98 Å². The standard InChI is InChI=1S/C28H31F6N3O2/c1-15-8-18-23-19(30)4-2-5-22(23)35-25(18)26(37(15)13-28(33,34)14-38)24-20(31)9-16(10-21(24)32)27(39)17-11-36(12-17)7-3-6-29/h2,4-5,9-10,15,17,26-27,35,38-39H,3,6-8,11-14H2,1H3/t15-,26-,27-/m1/s1. The number of nitrogens with zero attached hydrogens (tertiary/aromatic N) is 2. The fourth-order valence-corrected chi connectivity index (χ4v) is 6.03. The summed E-state index contributed by atoms with van der Waals surface area (Å²) in [4.78, 5) is 6.16. The van der Waals surface area contributed by atoms with Crippen molar-refractivity contribution < 1.29 is 36.6 Å². The lowest BCUT2D eigenvalue weighted by atomic mass is 9.85. The lowest BCUT2D eigenvalue weighted by Gasteiger charge is -2.43. The molecule has 5 rings (SSSR count). The van der Waals surface area contributed by atoms with Crippen LogP contribution in [0.4, 0.5) is 26.3 Å². The highest BCUT2D eigenvalue weighted by molar-refractivity contribution is 5.86. The number of aliphatic hydroxyl groups is 2. The number of alkyl halides is 3. The maximum atomic E-state index is 15.8. The van der Waals surface area contributed by atoms with Crippen LogP contribution in [0, 0.1) is 23.4 Å². The molecule has 212 valence electrons. The summed E-state index contributed by atoms with van der Waals surface area (Å²) in [6, 6.07) is 4.33. The molecule has 0 spiro atoms. The third-order valence-corrected chi connectivity index (χ3v) is 7.98. The van der Waals surface area contributed by atoms with Crippen molar-refractivity contribution >= 4 is 10.9 Å². The summed E-state index contributed by atoms with van der Waals surface area (Å²) in [5.41, 5.74) is 0.550. The van der Waals surface area contributed by atoms with Gasteiger partial charge in [0.05, 0.1) is 25.4 Å². The van der Waals surface area contributed by atoms with Crippen LogP contribution in [0.15, 0.2) is 30.3 Å². The molecule has 0 amide bonds. The van der Waals surface area contributed by atoms with Gasteiger partial charge in [-0.05, 0) is 55.2 Å². The minimum atomic E-state index is -3.55. The number of H-pyrrole nitrogens is 1. The van der Waals surface area contributed by atoms with Gasteiger partial charge in [0.15, 0.2) is 0 Å². The van der Waals surface area contributed by atoms with Crippen molar-refractivity contribution in [2.24, 2.45) is 5.92 Å². The van der Waals surface area contributed by atoms with Crippen LogP contribution in [0.1, 0.15) is 47.9 Å². The summed E-state index contributed by atoms with van der Waals surface area (Å²) in [5, 5.41) is 20.3. The molecular formula is C28H31F6N3O2. The molecular weight excluding hydrogens is 524 g/mol. The molecule has 3 aromatic rings. The number of hydrogen-bond acceptors (Lipinski definition) is 4. The molecule has 2 aliphatic rings. The Hall–Kier alpha value is -2.60. The second-order valence-corrected chi connectivity index (χ2v) is 10.7. The summed E-state index contributed by atoms with van der Waals surface area (Å²) in [6.07, 6.45) is -0.650. The molecule has 5 nitrogen and oxygen atoms in total. The van der Waals surface area contributed by atoms with E-state index in [-0.39, 0.29) is 29.0 Å². The maximum Gasteiger partial charge on any atom is 0.283 e. The van der Waals surface area contributed by atoms with Crippen molar-refractivity contribution in [2.75, 3.05) is 39.5 Å². The zero-order chi connectivity index (χ0) is 28.1. The fraction of sp³-hybridized carbons (Fsp3) is 0.500. The first kappa shape index (κ1) is 27.9. The minimum Gasteiger partial charge on any atom is -0.390 e. The number of likely N-dealkylation sites (tertiary alicyclic amines) is 1. The highest BCUT2D eigenvalue weighted by Gasteiger charge is 2.44. The van der Waals surface area contributed by atoms with Crippen LogP contribution < -0.4 is 0 Å². The zero-order valence-electron chi connectivity index (χ0n) is 21.4. The second-order valence-electron chi connectivity index (χ2n) is 10.7. The van der Waals surface area contributed by atoms with Gasteiger partial charge in [-0.1, -0.05) is 6.07 Å². The van der Waals surface area contributed by atoms with E-state index in [4.69, 9.17) is 0 Å². The molecule has 11 heteroatoms. The van der Waals surface area contributed by atoms with Gasteiger partial charge in [0.25, 0.3) is 5.92 Å². The molecule has 1 aromatic heterocycles. The monoisotopic (exact) mass is 555 g/mol. The lowest BCUT2D eigenvalue weighted by molar-refractivity contribution is -0.0869. The van der Waals surface area contributed by atoms with E-state index in [1.807, 2.05) is 4.90 Å². The maximum absolute atomic E-state index is 15.8. The largest absolute Gasteiger partial charge is 0.390 e. The number of aliphatic hydroxyl groups excluding tert-OH is 2. The van der Waals surface area contributed by atoms with Crippen LogP contribution in [0.5, 0.6) is 0 Å². The van der Waals surface area contributed by atoms with Gasteiger partial charge < -0.3 is 20.1 Å². The Morgan fingerprint density at radius 3 is 2.44 bits per heavy atom. The van der Waals surface area contributed by atoms with E-state index in [0.29, 0.717) is 37.1 Å². The van der Waals surface area contributed by atoms with Crippen molar-refractivity contribution in [3.63, 3.8) is 0 Å². The Kier molecular flexibility index (Phi) is 7.71. The number of nitrogens with one attached hydrogen (secondary N) is 1.